The minimum Gasteiger partial charge on any atom is -0.342 e. The molecule has 0 saturated heterocycles. The van der Waals surface area contributed by atoms with Gasteiger partial charge in [-0.05, 0) is 36.6 Å². The van der Waals surface area contributed by atoms with Crippen molar-refractivity contribution in [3.8, 4) is 5.69 Å². The van der Waals surface area contributed by atoms with Crippen molar-refractivity contribution in [3.05, 3.63) is 42.5 Å². The highest BCUT2D eigenvalue weighted by atomic mass is 16.2. The predicted octanol–water partition coefficient (Wildman–Crippen LogP) is 2.39. The Morgan fingerprint density at radius 3 is 2.55 bits per heavy atom. The summed E-state index contributed by atoms with van der Waals surface area (Å²) in [5, 5.41) is 4.06. The first-order valence-electron chi connectivity index (χ1n) is 6.78. The highest BCUT2D eigenvalue weighted by Crippen LogP contribution is 2.11. The number of carbonyl (C=O) groups is 1. The lowest BCUT2D eigenvalue weighted by molar-refractivity contribution is 0.0789. The van der Waals surface area contributed by atoms with Crippen LogP contribution in [0.2, 0.25) is 0 Å². The molecule has 0 saturated carbocycles. The lowest BCUT2D eigenvalue weighted by atomic mass is 10.1. The molecule has 0 bridgehead atoms. The quantitative estimate of drug-likeness (QED) is 0.839. The van der Waals surface area contributed by atoms with Gasteiger partial charge in [-0.3, -0.25) is 4.79 Å². The van der Waals surface area contributed by atoms with Crippen molar-refractivity contribution < 1.29 is 4.79 Å². The highest BCUT2D eigenvalue weighted by molar-refractivity contribution is 5.94. The summed E-state index contributed by atoms with van der Waals surface area (Å²) in [4.78, 5) is 17.9. The zero-order valence-electron chi connectivity index (χ0n) is 12.2. The van der Waals surface area contributed by atoms with Crippen molar-refractivity contribution in [2.24, 2.45) is 5.92 Å². The predicted molar refractivity (Wildman–Crippen MR) is 77.8 cm³/mol. The zero-order chi connectivity index (χ0) is 14.5. The van der Waals surface area contributed by atoms with Gasteiger partial charge in [-0.1, -0.05) is 13.8 Å². The maximum Gasteiger partial charge on any atom is 0.253 e. The molecule has 1 aromatic carbocycles. The van der Waals surface area contributed by atoms with Gasteiger partial charge in [0.25, 0.3) is 5.91 Å². The van der Waals surface area contributed by atoms with Gasteiger partial charge in [-0.25, -0.2) is 9.67 Å². The van der Waals surface area contributed by atoms with E-state index < -0.39 is 0 Å². The Labute approximate surface area is 119 Å². The van der Waals surface area contributed by atoms with Gasteiger partial charge in [0.05, 0.1) is 5.69 Å². The number of amides is 1. The van der Waals surface area contributed by atoms with Crippen molar-refractivity contribution in [1.82, 2.24) is 19.7 Å². The van der Waals surface area contributed by atoms with Crippen molar-refractivity contribution in [2.75, 3.05) is 13.6 Å². The number of benzene rings is 1. The zero-order valence-corrected chi connectivity index (χ0v) is 12.2. The van der Waals surface area contributed by atoms with Crippen molar-refractivity contribution in [1.29, 1.82) is 0 Å². The fourth-order valence-corrected chi connectivity index (χ4v) is 1.87. The Bertz CT molecular complexity index is 546. The molecule has 5 nitrogen and oxygen atoms in total. The SMILES string of the molecule is CC(C)CCN(C)C(=O)c1ccc(-n2cncn2)cc1. The van der Waals surface area contributed by atoms with Gasteiger partial charge in [-0.2, -0.15) is 5.10 Å². The largest absolute Gasteiger partial charge is 0.342 e. The van der Waals surface area contributed by atoms with Crippen molar-refractivity contribution in [3.63, 3.8) is 0 Å². The molecule has 106 valence electrons. The van der Waals surface area contributed by atoms with Crippen LogP contribution in [0.25, 0.3) is 5.69 Å². The van der Waals surface area contributed by atoms with Crippen LogP contribution in [0.5, 0.6) is 0 Å². The lowest BCUT2D eigenvalue weighted by Gasteiger charge is -2.18. The van der Waals surface area contributed by atoms with E-state index in [0.717, 1.165) is 18.7 Å². The summed E-state index contributed by atoms with van der Waals surface area (Å²) in [6.07, 6.45) is 4.13. The van der Waals surface area contributed by atoms with Gasteiger partial charge >= 0.3 is 0 Å². The minimum atomic E-state index is 0.0517. The van der Waals surface area contributed by atoms with Crippen LogP contribution < -0.4 is 0 Å². The summed E-state index contributed by atoms with van der Waals surface area (Å²) in [7, 11) is 1.84. The van der Waals surface area contributed by atoms with Gasteiger partial charge < -0.3 is 4.90 Å². The van der Waals surface area contributed by atoms with E-state index in [9.17, 15) is 4.79 Å². The Morgan fingerprint density at radius 1 is 1.30 bits per heavy atom. The maximum absolute atomic E-state index is 12.2. The number of hydrogen-bond donors (Lipinski definition) is 0. The highest BCUT2D eigenvalue weighted by Gasteiger charge is 2.12. The molecule has 2 rings (SSSR count). The molecule has 1 amide bonds. The van der Waals surface area contributed by atoms with Crippen LogP contribution in [-0.2, 0) is 0 Å². The monoisotopic (exact) mass is 272 g/mol. The third-order valence-corrected chi connectivity index (χ3v) is 3.19. The molecule has 0 aliphatic rings. The van der Waals surface area contributed by atoms with Crippen LogP contribution in [0.3, 0.4) is 0 Å². The first kappa shape index (κ1) is 14.2. The van der Waals surface area contributed by atoms with Crippen LogP contribution in [0, 0.1) is 5.92 Å². The van der Waals surface area contributed by atoms with Crippen molar-refractivity contribution in [2.45, 2.75) is 20.3 Å². The van der Waals surface area contributed by atoms with E-state index in [1.54, 1.807) is 15.9 Å². The Kier molecular flexibility index (Phi) is 4.50. The topological polar surface area (TPSA) is 51.0 Å². The van der Waals surface area contributed by atoms with Crippen LogP contribution in [-0.4, -0.2) is 39.2 Å². The van der Waals surface area contributed by atoms with E-state index in [1.807, 2.05) is 31.3 Å². The minimum absolute atomic E-state index is 0.0517. The van der Waals surface area contributed by atoms with Crippen LogP contribution in [0.15, 0.2) is 36.9 Å². The standard InChI is InChI=1S/C15H20N4O/c1-12(2)8-9-18(3)15(20)13-4-6-14(7-5-13)19-11-16-10-17-19/h4-7,10-12H,8-9H2,1-3H3. The summed E-state index contributed by atoms with van der Waals surface area (Å²) < 4.78 is 1.66. The molecule has 0 unspecified atom stereocenters. The number of carbonyl (C=O) groups excluding carboxylic acids is 1. The first-order valence-corrected chi connectivity index (χ1v) is 6.78. The van der Waals surface area contributed by atoms with Crippen LogP contribution >= 0.6 is 0 Å². The van der Waals surface area contributed by atoms with E-state index in [2.05, 4.69) is 23.9 Å². The molecule has 0 fully saturated rings. The molecule has 0 spiro atoms. The second kappa shape index (κ2) is 6.32. The van der Waals surface area contributed by atoms with Crippen LogP contribution in [0.4, 0.5) is 0 Å². The van der Waals surface area contributed by atoms with E-state index in [0.29, 0.717) is 11.5 Å². The molecular formula is C15H20N4O. The second-order valence-corrected chi connectivity index (χ2v) is 5.30. The molecule has 1 heterocycles. The maximum atomic E-state index is 12.2. The first-order chi connectivity index (χ1) is 9.58. The molecule has 0 radical (unpaired) electrons. The normalized spacial score (nSPS) is 10.8. The van der Waals surface area contributed by atoms with E-state index in [1.165, 1.54) is 6.33 Å². The van der Waals surface area contributed by atoms with Gasteiger partial charge in [0.1, 0.15) is 12.7 Å². The van der Waals surface area contributed by atoms with Crippen LogP contribution in [0.1, 0.15) is 30.6 Å². The summed E-state index contributed by atoms with van der Waals surface area (Å²) in [6, 6.07) is 7.40. The third kappa shape index (κ3) is 3.44. The average Bonchev–Trinajstić information content (AvgIpc) is 2.98. The molecule has 0 aliphatic carbocycles. The molecular weight excluding hydrogens is 252 g/mol. The molecule has 0 atom stereocenters. The number of aromatic nitrogens is 3. The third-order valence-electron chi connectivity index (χ3n) is 3.19. The Morgan fingerprint density at radius 2 is 2.00 bits per heavy atom. The number of rotatable bonds is 5. The molecule has 5 heteroatoms. The van der Waals surface area contributed by atoms with E-state index >= 15 is 0 Å². The summed E-state index contributed by atoms with van der Waals surface area (Å²) >= 11 is 0. The average molecular weight is 272 g/mol. The molecule has 2 aromatic rings. The number of hydrogen-bond acceptors (Lipinski definition) is 3. The summed E-state index contributed by atoms with van der Waals surface area (Å²) in [6.45, 7) is 5.10. The fraction of sp³-hybridized carbons (Fsp3) is 0.400. The smallest absolute Gasteiger partial charge is 0.253 e. The molecule has 1 aromatic heterocycles. The summed E-state index contributed by atoms with van der Waals surface area (Å²) in [5.41, 5.74) is 1.59. The molecule has 0 aliphatic heterocycles. The summed E-state index contributed by atoms with van der Waals surface area (Å²) in [5.74, 6) is 0.649. The van der Waals surface area contributed by atoms with Gasteiger partial charge in [0, 0.05) is 19.2 Å². The van der Waals surface area contributed by atoms with E-state index in [4.69, 9.17) is 0 Å². The van der Waals surface area contributed by atoms with Crippen molar-refractivity contribution >= 4 is 5.91 Å². The molecule has 20 heavy (non-hydrogen) atoms. The fourth-order valence-electron chi connectivity index (χ4n) is 1.87. The second-order valence-electron chi connectivity index (χ2n) is 5.30. The van der Waals surface area contributed by atoms with E-state index in [-0.39, 0.29) is 5.91 Å². The van der Waals surface area contributed by atoms with Gasteiger partial charge in [0.15, 0.2) is 0 Å². The van der Waals surface area contributed by atoms with Gasteiger partial charge in [-0.15, -0.1) is 0 Å². The lowest BCUT2D eigenvalue weighted by Crippen LogP contribution is -2.28. The Hall–Kier alpha value is -2.17. The van der Waals surface area contributed by atoms with Gasteiger partial charge in [0.2, 0.25) is 0 Å². The molecule has 0 N–H and O–H groups in total. The Balaban J connectivity index is 2.04. The number of nitrogens with zero attached hydrogens (tertiary/aromatic N) is 4.